The summed E-state index contributed by atoms with van der Waals surface area (Å²) in [6.07, 6.45) is 16.9. The van der Waals surface area contributed by atoms with E-state index in [0.29, 0.717) is 21.7 Å². The van der Waals surface area contributed by atoms with Crippen LogP contribution in [0, 0.1) is 29.6 Å². The molecule has 0 aromatic heterocycles. The van der Waals surface area contributed by atoms with Crippen molar-refractivity contribution in [3.63, 3.8) is 0 Å². The molecule has 0 bridgehead atoms. The lowest BCUT2D eigenvalue weighted by molar-refractivity contribution is 0.0603. The summed E-state index contributed by atoms with van der Waals surface area (Å²) < 4.78 is 1.40. The number of aliphatic hydroxyl groups is 2. The summed E-state index contributed by atoms with van der Waals surface area (Å²) in [6.45, 7) is 6.93. The molecule has 30 heavy (non-hydrogen) atoms. The maximum absolute atomic E-state index is 10.8. The van der Waals surface area contributed by atoms with Gasteiger partial charge in [-0.2, -0.15) is 0 Å². The molecule has 2 saturated carbocycles. The van der Waals surface area contributed by atoms with E-state index in [4.69, 9.17) is 0 Å². The summed E-state index contributed by atoms with van der Waals surface area (Å²) in [4.78, 5) is 0. The zero-order valence-corrected chi connectivity index (χ0v) is 24.1. The van der Waals surface area contributed by atoms with Gasteiger partial charge in [0.2, 0.25) is 0 Å². The SMILES string of the molecule is CC1CCC(CCCC(C)[C@H](O)CCC[C@@H](CC(O)C2CCC(I)CC2)[C@@H](C)I)C1. The second-order valence-electron chi connectivity index (χ2n) is 10.9. The summed E-state index contributed by atoms with van der Waals surface area (Å²) >= 11 is 5.11. The van der Waals surface area contributed by atoms with E-state index in [2.05, 4.69) is 66.0 Å². The molecule has 2 aliphatic rings. The van der Waals surface area contributed by atoms with Crippen LogP contribution < -0.4 is 0 Å². The molecule has 0 aromatic carbocycles. The first-order chi connectivity index (χ1) is 14.3. The van der Waals surface area contributed by atoms with Crippen molar-refractivity contribution in [1.82, 2.24) is 0 Å². The largest absolute Gasteiger partial charge is 0.393 e. The highest BCUT2D eigenvalue weighted by Gasteiger charge is 2.29. The van der Waals surface area contributed by atoms with E-state index in [-0.39, 0.29) is 12.2 Å². The van der Waals surface area contributed by atoms with E-state index in [1.807, 2.05) is 0 Å². The van der Waals surface area contributed by atoms with Crippen molar-refractivity contribution in [1.29, 1.82) is 0 Å². The van der Waals surface area contributed by atoms with Crippen molar-refractivity contribution < 1.29 is 10.2 Å². The van der Waals surface area contributed by atoms with Crippen LogP contribution in [0.3, 0.4) is 0 Å². The Morgan fingerprint density at radius 3 is 2.20 bits per heavy atom. The average molecular weight is 646 g/mol. The molecule has 178 valence electrons. The Bertz CT molecular complexity index is 450. The summed E-state index contributed by atoms with van der Waals surface area (Å²) in [6, 6.07) is 0. The van der Waals surface area contributed by atoms with E-state index >= 15 is 0 Å². The molecular formula is C26H48I2O2. The Hall–Kier alpha value is 1.38. The molecule has 2 rings (SSSR count). The molecule has 0 heterocycles. The normalized spacial score (nSPS) is 32.5. The maximum Gasteiger partial charge on any atom is 0.0571 e. The zero-order valence-electron chi connectivity index (χ0n) is 19.7. The van der Waals surface area contributed by atoms with Crippen molar-refractivity contribution >= 4 is 45.2 Å². The predicted octanol–water partition coefficient (Wildman–Crippen LogP) is 7.94. The first kappa shape index (κ1) is 27.6. The molecule has 0 radical (unpaired) electrons. The van der Waals surface area contributed by atoms with Gasteiger partial charge in [0.1, 0.15) is 0 Å². The molecule has 0 spiro atoms. The highest BCUT2D eigenvalue weighted by molar-refractivity contribution is 14.1. The third-order valence-corrected chi connectivity index (χ3v) is 10.5. The summed E-state index contributed by atoms with van der Waals surface area (Å²) in [5.41, 5.74) is 0. The van der Waals surface area contributed by atoms with Gasteiger partial charge < -0.3 is 10.2 Å². The molecule has 0 aliphatic heterocycles. The minimum absolute atomic E-state index is 0.127. The molecule has 0 amide bonds. The van der Waals surface area contributed by atoms with Crippen LogP contribution in [-0.4, -0.2) is 30.3 Å². The Kier molecular flexibility index (Phi) is 13.4. The Labute approximate surface area is 214 Å². The van der Waals surface area contributed by atoms with E-state index in [1.54, 1.807) is 0 Å². The standard InChI is InChI=1S/C26H48I2O2/c1-18-10-11-21(16-18)7-4-6-19(2)25(29)9-5-8-23(20(3)27)17-26(30)22-12-14-24(28)15-13-22/h18-26,29-30H,4-17H2,1-3H3/t18?,19?,20-,21?,22?,23+,24?,25-,26?/m1/s1. The van der Waals surface area contributed by atoms with Gasteiger partial charge in [0.25, 0.3) is 0 Å². The van der Waals surface area contributed by atoms with E-state index in [1.165, 1.54) is 64.2 Å². The smallest absolute Gasteiger partial charge is 0.0571 e. The molecular weight excluding hydrogens is 598 g/mol. The van der Waals surface area contributed by atoms with Crippen molar-refractivity contribution in [3.8, 4) is 0 Å². The molecule has 2 N–H and O–H groups in total. The fraction of sp³-hybridized carbons (Fsp3) is 1.00. The van der Waals surface area contributed by atoms with Gasteiger partial charge in [-0.15, -0.1) is 0 Å². The third kappa shape index (κ3) is 10.1. The van der Waals surface area contributed by atoms with Crippen LogP contribution in [-0.2, 0) is 0 Å². The van der Waals surface area contributed by atoms with E-state index < -0.39 is 0 Å². The number of alkyl halides is 2. The lowest BCUT2D eigenvalue weighted by Gasteiger charge is -2.32. The van der Waals surface area contributed by atoms with Crippen LogP contribution in [0.25, 0.3) is 0 Å². The number of aliphatic hydroxyl groups excluding tert-OH is 2. The highest BCUT2D eigenvalue weighted by atomic mass is 127. The minimum Gasteiger partial charge on any atom is -0.393 e. The molecule has 7 atom stereocenters. The van der Waals surface area contributed by atoms with Gasteiger partial charge in [-0.05, 0) is 87.4 Å². The van der Waals surface area contributed by atoms with Crippen LogP contribution >= 0.6 is 45.2 Å². The number of hydrogen-bond acceptors (Lipinski definition) is 2. The minimum atomic E-state index is -0.151. The van der Waals surface area contributed by atoms with Gasteiger partial charge in [-0.3, -0.25) is 0 Å². The summed E-state index contributed by atoms with van der Waals surface area (Å²) in [5, 5.41) is 21.5. The zero-order chi connectivity index (χ0) is 22.1. The monoisotopic (exact) mass is 646 g/mol. The molecule has 0 aromatic rings. The van der Waals surface area contributed by atoms with Crippen LogP contribution in [0.5, 0.6) is 0 Å². The number of hydrogen-bond donors (Lipinski definition) is 2. The fourth-order valence-electron chi connectivity index (χ4n) is 5.88. The molecule has 2 fully saturated rings. The van der Waals surface area contributed by atoms with Crippen LogP contribution in [0.4, 0.5) is 0 Å². The Morgan fingerprint density at radius 2 is 1.60 bits per heavy atom. The fourth-order valence-corrected chi connectivity index (χ4v) is 7.26. The summed E-state index contributed by atoms with van der Waals surface area (Å²) in [7, 11) is 0. The van der Waals surface area contributed by atoms with Gasteiger partial charge >= 0.3 is 0 Å². The quantitative estimate of drug-likeness (QED) is 0.158. The Balaban J connectivity index is 1.62. The second kappa shape index (κ2) is 14.6. The lowest BCUT2D eigenvalue weighted by Crippen LogP contribution is -2.29. The topological polar surface area (TPSA) is 40.5 Å². The first-order valence-electron chi connectivity index (χ1n) is 12.9. The van der Waals surface area contributed by atoms with Crippen LogP contribution in [0.2, 0.25) is 0 Å². The summed E-state index contributed by atoms with van der Waals surface area (Å²) in [5.74, 6) is 3.40. The van der Waals surface area contributed by atoms with E-state index in [0.717, 1.165) is 41.4 Å². The van der Waals surface area contributed by atoms with Gasteiger partial charge in [-0.25, -0.2) is 0 Å². The highest BCUT2D eigenvalue weighted by Crippen LogP contribution is 2.36. The van der Waals surface area contributed by atoms with Gasteiger partial charge in [-0.1, -0.05) is 98.1 Å². The first-order valence-corrected chi connectivity index (χ1v) is 15.4. The molecule has 4 heteroatoms. The van der Waals surface area contributed by atoms with Crippen LogP contribution in [0.1, 0.15) is 111 Å². The average Bonchev–Trinajstić information content (AvgIpc) is 3.12. The van der Waals surface area contributed by atoms with Gasteiger partial charge in [0.05, 0.1) is 12.2 Å². The third-order valence-electron chi connectivity index (χ3n) is 8.25. The molecule has 2 nitrogen and oxygen atoms in total. The van der Waals surface area contributed by atoms with Crippen molar-refractivity contribution in [3.05, 3.63) is 0 Å². The molecule has 2 aliphatic carbocycles. The van der Waals surface area contributed by atoms with Gasteiger partial charge in [0.15, 0.2) is 0 Å². The van der Waals surface area contributed by atoms with E-state index in [9.17, 15) is 10.2 Å². The molecule has 4 unspecified atom stereocenters. The number of rotatable bonds is 13. The predicted molar refractivity (Wildman–Crippen MR) is 147 cm³/mol. The Morgan fingerprint density at radius 1 is 0.900 bits per heavy atom. The van der Waals surface area contributed by atoms with Crippen molar-refractivity contribution in [2.24, 2.45) is 29.6 Å². The maximum atomic E-state index is 10.8. The molecule has 0 saturated heterocycles. The number of halogens is 2. The van der Waals surface area contributed by atoms with Gasteiger partial charge in [0, 0.05) is 7.85 Å². The van der Waals surface area contributed by atoms with Crippen molar-refractivity contribution in [2.45, 2.75) is 131 Å². The van der Waals surface area contributed by atoms with Crippen LogP contribution in [0.15, 0.2) is 0 Å². The second-order valence-corrected chi connectivity index (χ2v) is 14.7. The van der Waals surface area contributed by atoms with Crippen molar-refractivity contribution in [2.75, 3.05) is 0 Å². The lowest BCUT2D eigenvalue weighted by atomic mass is 9.80.